The van der Waals surface area contributed by atoms with Crippen LogP contribution in [-0.2, 0) is 4.79 Å². The number of rotatable bonds is 5. The molecule has 1 heterocycles. The van der Waals surface area contributed by atoms with E-state index in [1.54, 1.807) is 19.2 Å². The van der Waals surface area contributed by atoms with Gasteiger partial charge in [0.1, 0.15) is 5.75 Å². The minimum atomic E-state index is -0.0110. The van der Waals surface area contributed by atoms with Gasteiger partial charge in [-0.05, 0) is 43.0 Å². The molecular formula is C21H31N3O3. The molecule has 0 unspecified atom stereocenters. The lowest BCUT2D eigenvalue weighted by atomic mass is 9.71. The van der Waals surface area contributed by atoms with Gasteiger partial charge in [-0.1, -0.05) is 25.3 Å². The number of amides is 2. The number of carbonyl (C=O) groups excluding carboxylic acids is 2. The molecule has 1 aromatic carbocycles. The zero-order chi connectivity index (χ0) is 19.3. The average Bonchev–Trinajstić information content (AvgIpc) is 2.74. The molecule has 1 saturated carbocycles. The van der Waals surface area contributed by atoms with Crippen LogP contribution in [0.5, 0.6) is 5.75 Å². The molecule has 0 spiro atoms. The van der Waals surface area contributed by atoms with E-state index in [4.69, 9.17) is 10.5 Å². The summed E-state index contributed by atoms with van der Waals surface area (Å²) >= 11 is 0. The van der Waals surface area contributed by atoms with Gasteiger partial charge in [-0.25, -0.2) is 0 Å². The number of piperazine rings is 1. The van der Waals surface area contributed by atoms with Crippen LogP contribution in [0.1, 0.15) is 48.9 Å². The lowest BCUT2D eigenvalue weighted by Crippen LogP contribution is -2.51. The van der Waals surface area contributed by atoms with Crippen LogP contribution in [0.25, 0.3) is 0 Å². The third-order valence-electron chi connectivity index (χ3n) is 6.11. The Bertz CT molecular complexity index is 662. The van der Waals surface area contributed by atoms with Gasteiger partial charge in [-0.2, -0.15) is 0 Å². The summed E-state index contributed by atoms with van der Waals surface area (Å²) in [6.45, 7) is 2.91. The number of ether oxygens (including phenoxy) is 1. The number of hydrogen-bond donors (Lipinski definition) is 1. The van der Waals surface area contributed by atoms with Crippen molar-refractivity contribution in [2.45, 2.75) is 38.5 Å². The molecule has 2 aliphatic rings. The number of carbonyl (C=O) groups is 2. The maximum atomic E-state index is 12.8. The van der Waals surface area contributed by atoms with E-state index in [1.807, 2.05) is 21.9 Å². The minimum Gasteiger partial charge on any atom is -0.497 e. The molecule has 1 aliphatic carbocycles. The maximum Gasteiger partial charge on any atom is 0.254 e. The Balaban J connectivity index is 1.54. The molecule has 6 heteroatoms. The van der Waals surface area contributed by atoms with Crippen molar-refractivity contribution < 1.29 is 14.3 Å². The summed E-state index contributed by atoms with van der Waals surface area (Å²) < 4.78 is 5.20. The van der Waals surface area contributed by atoms with Crippen molar-refractivity contribution >= 4 is 11.8 Å². The van der Waals surface area contributed by atoms with E-state index in [9.17, 15) is 9.59 Å². The minimum absolute atomic E-state index is 0.00768. The van der Waals surface area contributed by atoms with E-state index in [1.165, 1.54) is 19.3 Å². The van der Waals surface area contributed by atoms with E-state index >= 15 is 0 Å². The van der Waals surface area contributed by atoms with Crippen LogP contribution in [0, 0.1) is 5.41 Å². The molecule has 6 nitrogen and oxygen atoms in total. The van der Waals surface area contributed by atoms with Crippen molar-refractivity contribution in [2.75, 3.05) is 39.8 Å². The van der Waals surface area contributed by atoms with E-state index in [2.05, 4.69) is 0 Å². The second kappa shape index (κ2) is 8.74. The van der Waals surface area contributed by atoms with Crippen LogP contribution >= 0.6 is 0 Å². The number of methoxy groups -OCH3 is 1. The zero-order valence-electron chi connectivity index (χ0n) is 16.3. The van der Waals surface area contributed by atoms with Gasteiger partial charge in [0.25, 0.3) is 5.91 Å². The van der Waals surface area contributed by atoms with Crippen LogP contribution in [-0.4, -0.2) is 61.4 Å². The summed E-state index contributed by atoms with van der Waals surface area (Å²) in [5.74, 6) is 0.858. The fraction of sp³-hybridized carbons (Fsp3) is 0.619. The van der Waals surface area contributed by atoms with Gasteiger partial charge >= 0.3 is 0 Å². The van der Waals surface area contributed by atoms with Crippen LogP contribution in [0.4, 0.5) is 0 Å². The molecule has 1 aromatic rings. The Morgan fingerprint density at radius 1 is 1.07 bits per heavy atom. The van der Waals surface area contributed by atoms with Crippen molar-refractivity contribution in [1.82, 2.24) is 9.80 Å². The molecule has 27 heavy (non-hydrogen) atoms. The van der Waals surface area contributed by atoms with E-state index in [0.29, 0.717) is 50.5 Å². The van der Waals surface area contributed by atoms with Crippen molar-refractivity contribution in [3.05, 3.63) is 29.8 Å². The summed E-state index contributed by atoms with van der Waals surface area (Å²) in [5, 5.41) is 0. The van der Waals surface area contributed by atoms with Crippen molar-refractivity contribution in [3.63, 3.8) is 0 Å². The lowest BCUT2D eigenvalue weighted by Gasteiger charge is -2.39. The summed E-state index contributed by atoms with van der Waals surface area (Å²) in [4.78, 5) is 29.2. The van der Waals surface area contributed by atoms with Crippen LogP contribution in [0.2, 0.25) is 0 Å². The van der Waals surface area contributed by atoms with Gasteiger partial charge in [-0.15, -0.1) is 0 Å². The Labute approximate surface area is 161 Å². The predicted molar refractivity (Wildman–Crippen MR) is 105 cm³/mol. The predicted octanol–water partition coefficient (Wildman–Crippen LogP) is 2.28. The Hall–Kier alpha value is -2.08. The average molecular weight is 373 g/mol. The fourth-order valence-corrected chi connectivity index (χ4v) is 4.29. The molecule has 0 atom stereocenters. The van der Waals surface area contributed by atoms with Crippen molar-refractivity contribution in [1.29, 1.82) is 0 Å². The van der Waals surface area contributed by atoms with Gasteiger partial charge in [-0.3, -0.25) is 9.59 Å². The highest BCUT2D eigenvalue weighted by Gasteiger charge is 2.35. The molecule has 3 rings (SSSR count). The monoisotopic (exact) mass is 373 g/mol. The SMILES string of the molecule is COc1cccc(C(=O)N2CCN(C(=O)CC3(CN)CCCCC3)CC2)c1. The molecular weight excluding hydrogens is 342 g/mol. The Morgan fingerprint density at radius 2 is 1.74 bits per heavy atom. The lowest BCUT2D eigenvalue weighted by molar-refractivity contribution is -0.135. The first-order valence-corrected chi connectivity index (χ1v) is 9.98. The topological polar surface area (TPSA) is 75.9 Å². The van der Waals surface area contributed by atoms with Gasteiger partial charge in [0.05, 0.1) is 7.11 Å². The molecule has 0 aromatic heterocycles. The first-order chi connectivity index (χ1) is 13.1. The zero-order valence-corrected chi connectivity index (χ0v) is 16.3. The highest BCUT2D eigenvalue weighted by Crippen LogP contribution is 2.38. The molecule has 0 radical (unpaired) electrons. The van der Waals surface area contributed by atoms with Crippen molar-refractivity contribution in [2.24, 2.45) is 11.1 Å². The number of nitrogens with two attached hydrogens (primary N) is 1. The van der Waals surface area contributed by atoms with E-state index in [0.717, 1.165) is 12.8 Å². The molecule has 0 bridgehead atoms. The van der Waals surface area contributed by atoms with Gasteiger partial charge < -0.3 is 20.3 Å². The maximum absolute atomic E-state index is 12.8. The Kier molecular flexibility index (Phi) is 6.37. The van der Waals surface area contributed by atoms with Crippen LogP contribution < -0.4 is 10.5 Å². The summed E-state index contributed by atoms with van der Waals surface area (Å²) in [7, 11) is 1.59. The smallest absolute Gasteiger partial charge is 0.254 e. The van der Waals surface area contributed by atoms with E-state index in [-0.39, 0.29) is 17.2 Å². The first kappa shape index (κ1) is 19.7. The molecule has 2 N–H and O–H groups in total. The number of benzene rings is 1. The normalized spacial score (nSPS) is 19.6. The largest absolute Gasteiger partial charge is 0.497 e. The quantitative estimate of drug-likeness (QED) is 0.859. The van der Waals surface area contributed by atoms with Crippen LogP contribution in [0.15, 0.2) is 24.3 Å². The van der Waals surface area contributed by atoms with E-state index < -0.39 is 0 Å². The molecule has 1 saturated heterocycles. The standard InChI is InChI=1S/C21H31N3O3/c1-27-18-7-5-6-17(14-18)20(26)24-12-10-23(11-13-24)19(25)15-21(16-22)8-3-2-4-9-21/h5-7,14H,2-4,8-13,15-16,22H2,1H3. The van der Waals surface area contributed by atoms with Gasteiger partial charge in [0, 0.05) is 38.2 Å². The summed E-state index contributed by atoms with van der Waals surface area (Å²) in [5.41, 5.74) is 6.64. The molecule has 2 fully saturated rings. The van der Waals surface area contributed by atoms with Crippen molar-refractivity contribution in [3.8, 4) is 5.75 Å². The third-order valence-corrected chi connectivity index (χ3v) is 6.11. The van der Waals surface area contributed by atoms with Gasteiger partial charge in [0.15, 0.2) is 0 Å². The number of hydrogen-bond acceptors (Lipinski definition) is 4. The molecule has 2 amide bonds. The second-order valence-corrected chi connectivity index (χ2v) is 7.85. The highest BCUT2D eigenvalue weighted by molar-refractivity contribution is 5.94. The fourth-order valence-electron chi connectivity index (χ4n) is 4.29. The number of nitrogens with zero attached hydrogens (tertiary/aromatic N) is 2. The molecule has 148 valence electrons. The second-order valence-electron chi connectivity index (χ2n) is 7.85. The summed E-state index contributed by atoms with van der Waals surface area (Å²) in [6.07, 6.45) is 6.27. The Morgan fingerprint density at radius 3 is 2.37 bits per heavy atom. The van der Waals surface area contributed by atoms with Crippen LogP contribution in [0.3, 0.4) is 0 Å². The summed E-state index contributed by atoms with van der Waals surface area (Å²) in [6, 6.07) is 7.21. The third kappa shape index (κ3) is 4.61. The highest BCUT2D eigenvalue weighted by atomic mass is 16.5. The van der Waals surface area contributed by atoms with Gasteiger partial charge in [0.2, 0.25) is 5.91 Å². The molecule has 1 aliphatic heterocycles. The first-order valence-electron chi connectivity index (χ1n) is 9.98.